The number of piperidine rings is 1. The van der Waals surface area contributed by atoms with Crippen LogP contribution in [0.25, 0.3) is 0 Å². The lowest BCUT2D eigenvalue weighted by molar-refractivity contribution is 0.342. The lowest BCUT2D eigenvalue weighted by Gasteiger charge is -2.26. The number of nitrogens with zero attached hydrogens (tertiary/aromatic N) is 1. The fourth-order valence-corrected chi connectivity index (χ4v) is 3.62. The molecule has 0 spiro atoms. The predicted molar refractivity (Wildman–Crippen MR) is 58.9 cm³/mol. The SMILES string of the molecule is O=S(=O)(c1c(F)cc(F)cc1F)N1CCCCC1. The molecule has 3 nitrogen and oxygen atoms in total. The van der Waals surface area contributed by atoms with E-state index in [1.54, 1.807) is 0 Å². The van der Waals surface area contributed by atoms with Crippen LogP contribution in [0, 0.1) is 17.5 Å². The molecule has 1 aliphatic rings. The molecule has 0 unspecified atom stereocenters. The van der Waals surface area contributed by atoms with Crippen LogP contribution in [0.15, 0.2) is 17.0 Å². The van der Waals surface area contributed by atoms with E-state index in [1.165, 1.54) is 0 Å². The summed E-state index contributed by atoms with van der Waals surface area (Å²) in [7, 11) is -4.22. The summed E-state index contributed by atoms with van der Waals surface area (Å²) in [6, 6.07) is 0.750. The molecule has 1 aliphatic heterocycles. The third-order valence-corrected chi connectivity index (χ3v) is 4.83. The largest absolute Gasteiger partial charge is 0.248 e. The van der Waals surface area contributed by atoms with Gasteiger partial charge in [-0.1, -0.05) is 6.42 Å². The Hall–Kier alpha value is -1.08. The highest BCUT2D eigenvalue weighted by atomic mass is 32.2. The van der Waals surface area contributed by atoms with Crippen LogP contribution in [-0.2, 0) is 10.0 Å². The molecule has 7 heteroatoms. The van der Waals surface area contributed by atoms with E-state index in [-0.39, 0.29) is 13.1 Å². The first kappa shape index (κ1) is 13.4. The number of sulfonamides is 1. The quantitative estimate of drug-likeness (QED) is 0.833. The third kappa shape index (κ3) is 2.37. The van der Waals surface area contributed by atoms with Crippen molar-refractivity contribution in [1.82, 2.24) is 4.31 Å². The zero-order valence-corrected chi connectivity index (χ0v) is 10.3. The molecule has 1 aromatic rings. The minimum atomic E-state index is -4.22. The van der Waals surface area contributed by atoms with Crippen LogP contribution in [-0.4, -0.2) is 25.8 Å². The zero-order chi connectivity index (χ0) is 13.3. The van der Waals surface area contributed by atoms with Gasteiger partial charge in [-0.3, -0.25) is 0 Å². The molecule has 0 aliphatic carbocycles. The van der Waals surface area contributed by atoms with Crippen molar-refractivity contribution >= 4 is 10.0 Å². The Morgan fingerprint density at radius 1 is 0.944 bits per heavy atom. The van der Waals surface area contributed by atoms with Gasteiger partial charge in [-0.05, 0) is 12.8 Å². The van der Waals surface area contributed by atoms with Gasteiger partial charge < -0.3 is 0 Å². The maximum absolute atomic E-state index is 13.5. The van der Waals surface area contributed by atoms with E-state index in [1.807, 2.05) is 0 Å². The second-order valence-corrected chi connectivity index (χ2v) is 6.04. The summed E-state index contributed by atoms with van der Waals surface area (Å²) in [5.74, 6) is -3.92. The molecule has 0 N–H and O–H groups in total. The molecule has 0 amide bonds. The van der Waals surface area contributed by atoms with Gasteiger partial charge in [0, 0.05) is 25.2 Å². The molecule has 18 heavy (non-hydrogen) atoms. The van der Waals surface area contributed by atoms with E-state index in [2.05, 4.69) is 0 Å². The molecule has 0 saturated carbocycles. The minimum absolute atomic E-state index is 0.235. The van der Waals surface area contributed by atoms with Crippen LogP contribution in [0.1, 0.15) is 19.3 Å². The predicted octanol–water partition coefficient (Wildman–Crippen LogP) is 2.28. The van der Waals surface area contributed by atoms with Gasteiger partial charge in [0.15, 0.2) is 4.90 Å². The summed E-state index contributed by atoms with van der Waals surface area (Å²) in [6.45, 7) is 0.469. The Kier molecular flexibility index (Phi) is 3.63. The maximum Gasteiger partial charge on any atom is 0.248 e. The molecule has 0 atom stereocenters. The smallest absolute Gasteiger partial charge is 0.207 e. The Morgan fingerprint density at radius 3 is 1.94 bits per heavy atom. The van der Waals surface area contributed by atoms with Gasteiger partial charge in [0.2, 0.25) is 10.0 Å². The van der Waals surface area contributed by atoms with Gasteiger partial charge >= 0.3 is 0 Å². The first-order chi connectivity index (χ1) is 8.43. The van der Waals surface area contributed by atoms with Crippen molar-refractivity contribution in [3.05, 3.63) is 29.6 Å². The number of rotatable bonds is 2. The van der Waals surface area contributed by atoms with Gasteiger partial charge in [-0.25, -0.2) is 21.6 Å². The topological polar surface area (TPSA) is 37.4 Å². The molecule has 2 rings (SSSR count). The van der Waals surface area contributed by atoms with Gasteiger partial charge in [0.05, 0.1) is 0 Å². The molecule has 1 heterocycles. The van der Waals surface area contributed by atoms with Crippen LogP contribution < -0.4 is 0 Å². The van der Waals surface area contributed by atoms with Crippen molar-refractivity contribution in [2.75, 3.05) is 13.1 Å². The van der Waals surface area contributed by atoms with Crippen LogP contribution in [0.3, 0.4) is 0 Å². The van der Waals surface area contributed by atoms with Crippen molar-refractivity contribution in [3.8, 4) is 0 Å². The summed E-state index contributed by atoms with van der Waals surface area (Å²) in [5, 5.41) is 0. The first-order valence-electron chi connectivity index (χ1n) is 5.57. The normalized spacial score (nSPS) is 17.9. The van der Waals surface area contributed by atoms with Crippen molar-refractivity contribution in [1.29, 1.82) is 0 Å². The van der Waals surface area contributed by atoms with Crippen LogP contribution in [0.2, 0.25) is 0 Å². The molecule has 0 aromatic heterocycles. The molecule has 1 fully saturated rings. The van der Waals surface area contributed by atoms with Crippen LogP contribution >= 0.6 is 0 Å². The highest BCUT2D eigenvalue weighted by Gasteiger charge is 2.32. The maximum atomic E-state index is 13.5. The van der Waals surface area contributed by atoms with Gasteiger partial charge in [-0.2, -0.15) is 4.31 Å². The average molecular weight is 279 g/mol. The van der Waals surface area contributed by atoms with Crippen molar-refractivity contribution in [3.63, 3.8) is 0 Å². The molecular weight excluding hydrogens is 267 g/mol. The lowest BCUT2D eigenvalue weighted by Crippen LogP contribution is -2.36. The van der Waals surface area contributed by atoms with Crippen molar-refractivity contribution < 1.29 is 21.6 Å². The number of hydrogen-bond donors (Lipinski definition) is 0. The lowest BCUT2D eigenvalue weighted by atomic mass is 10.2. The fraction of sp³-hybridized carbons (Fsp3) is 0.455. The second kappa shape index (κ2) is 4.89. The van der Waals surface area contributed by atoms with Gasteiger partial charge in [0.25, 0.3) is 0 Å². The third-order valence-electron chi connectivity index (χ3n) is 2.88. The molecule has 0 radical (unpaired) electrons. The standard InChI is InChI=1S/C11H12F3NO2S/c12-8-6-9(13)11(10(14)7-8)18(16,17)15-4-2-1-3-5-15/h6-7H,1-5H2. The number of halogens is 3. The Balaban J connectivity index is 2.47. The number of hydrogen-bond acceptors (Lipinski definition) is 2. The summed E-state index contributed by atoms with van der Waals surface area (Å²) in [4.78, 5) is -1.06. The van der Waals surface area contributed by atoms with Gasteiger partial charge in [0.1, 0.15) is 17.5 Å². The molecule has 100 valence electrons. The van der Waals surface area contributed by atoms with E-state index in [9.17, 15) is 21.6 Å². The van der Waals surface area contributed by atoms with Crippen LogP contribution in [0.4, 0.5) is 13.2 Å². The van der Waals surface area contributed by atoms with Gasteiger partial charge in [-0.15, -0.1) is 0 Å². The van der Waals surface area contributed by atoms with Crippen molar-refractivity contribution in [2.45, 2.75) is 24.2 Å². The Bertz CT molecular complexity index is 530. The van der Waals surface area contributed by atoms with Crippen molar-refractivity contribution in [2.24, 2.45) is 0 Å². The average Bonchev–Trinajstić information content (AvgIpc) is 2.28. The fourth-order valence-electron chi connectivity index (χ4n) is 2.01. The zero-order valence-electron chi connectivity index (χ0n) is 9.50. The van der Waals surface area contributed by atoms with E-state index in [4.69, 9.17) is 0 Å². The van der Waals surface area contributed by atoms with E-state index >= 15 is 0 Å². The highest BCUT2D eigenvalue weighted by molar-refractivity contribution is 7.89. The van der Waals surface area contributed by atoms with Crippen LogP contribution in [0.5, 0.6) is 0 Å². The summed E-state index contributed by atoms with van der Waals surface area (Å²) >= 11 is 0. The summed E-state index contributed by atoms with van der Waals surface area (Å²) < 4.78 is 64.9. The summed E-state index contributed by atoms with van der Waals surface area (Å²) in [5.41, 5.74) is 0. The highest BCUT2D eigenvalue weighted by Crippen LogP contribution is 2.25. The Morgan fingerprint density at radius 2 is 1.44 bits per heavy atom. The molecule has 1 saturated heterocycles. The first-order valence-corrected chi connectivity index (χ1v) is 7.01. The molecule has 0 bridgehead atoms. The van der Waals surface area contributed by atoms with E-state index < -0.39 is 32.4 Å². The van der Waals surface area contributed by atoms with E-state index in [0.29, 0.717) is 25.0 Å². The number of benzene rings is 1. The Labute approximate surface area is 103 Å². The summed E-state index contributed by atoms with van der Waals surface area (Å²) in [6.07, 6.45) is 2.20. The monoisotopic (exact) mass is 279 g/mol. The van der Waals surface area contributed by atoms with E-state index in [0.717, 1.165) is 10.7 Å². The molecule has 1 aromatic carbocycles. The molecular formula is C11H12F3NO2S. The minimum Gasteiger partial charge on any atom is -0.207 e. The second-order valence-electron chi connectivity index (χ2n) is 4.16.